The van der Waals surface area contributed by atoms with Gasteiger partial charge in [-0.2, -0.15) is 0 Å². The molecule has 0 saturated carbocycles. The Balaban J connectivity index is 1.14. The van der Waals surface area contributed by atoms with Crippen LogP contribution in [0.4, 0.5) is 4.79 Å². The number of benzene rings is 2. The summed E-state index contributed by atoms with van der Waals surface area (Å²) in [5.74, 6) is -5.88. The number of likely N-dealkylation sites (N-methyl/N-ethyl adjacent to an activating group) is 1. The first-order valence-electron chi connectivity index (χ1n) is 17.8. The molecule has 2 aromatic rings. The Kier molecular flexibility index (Phi) is 11.6. The van der Waals surface area contributed by atoms with Gasteiger partial charge in [0, 0.05) is 43.8 Å². The number of aliphatic carboxylic acids is 1. The van der Waals surface area contributed by atoms with Crippen LogP contribution in [0.5, 0.6) is 11.5 Å². The van der Waals surface area contributed by atoms with E-state index in [9.17, 15) is 48.9 Å². The van der Waals surface area contributed by atoms with Crippen LogP contribution in [0.15, 0.2) is 53.7 Å². The van der Waals surface area contributed by atoms with Crippen LogP contribution >= 0.6 is 23.4 Å². The number of rotatable bonds is 12. The number of likely N-dealkylation sites (tertiary alicyclic amines) is 1. The van der Waals surface area contributed by atoms with Crippen molar-refractivity contribution in [2.75, 3.05) is 58.1 Å². The van der Waals surface area contributed by atoms with Crippen molar-refractivity contribution in [3.63, 3.8) is 0 Å². The Bertz CT molecular complexity index is 1960. The molecule has 3 atom stereocenters. The maximum Gasteiger partial charge on any atom is 0.352 e. The summed E-state index contributed by atoms with van der Waals surface area (Å²) in [6.45, 7) is 4.49. The summed E-state index contributed by atoms with van der Waals surface area (Å²) in [4.78, 5) is 94.7. The molecule has 4 aliphatic heterocycles. The number of phenols is 2. The molecular formula is C36H41ClN7O10S+. The molecule has 55 heavy (non-hydrogen) atoms. The van der Waals surface area contributed by atoms with Gasteiger partial charge >= 0.3 is 23.8 Å². The Hall–Kier alpha value is -5.33. The molecule has 7 amide bonds. The standard InChI is InChI=1S/C36H40ClN7O10S/c1-2-41-13-14-42(33(51)32(41)50)36(54)40-25(20-8-4-3-5-9-20)30(48)39-26-31(49)43-27(35(52)53)21(19-55-34(26)43)18-44(15-6-7-16-44)17-12-38-29(47)22-10-11-23(45)28(46)24(22)37/h3-5,8-11,25-26,34H,2,6-7,12-19H2,1H3,(H5-,38,39,40,45,46,47,48,50,51,52,53,54)/p+1/t25-,26+,34+/m0/s1. The summed E-state index contributed by atoms with van der Waals surface area (Å²) >= 11 is 7.36. The number of halogens is 1. The lowest BCUT2D eigenvalue weighted by atomic mass is 10.0. The summed E-state index contributed by atoms with van der Waals surface area (Å²) < 4.78 is 0.467. The number of fused-ring (bicyclic) bond motifs is 1. The van der Waals surface area contributed by atoms with E-state index in [0.29, 0.717) is 48.3 Å². The Labute approximate surface area is 324 Å². The van der Waals surface area contributed by atoms with Crippen molar-refractivity contribution in [2.24, 2.45) is 0 Å². The molecule has 6 N–H and O–H groups in total. The van der Waals surface area contributed by atoms with Gasteiger partial charge in [0.05, 0.1) is 36.8 Å². The molecule has 19 heteroatoms. The van der Waals surface area contributed by atoms with Gasteiger partial charge in [-0.25, -0.2) is 9.59 Å². The zero-order chi connectivity index (χ0) is 39.6. The molecule has 0 spiro atoms. The highest BCUT2D eigenvalue weighted by molar-refractivity contribution is 8.00. The molecular weight excluding hydrogens is 758 g/mol. The number of carbonyl (C=O) groups is 7. The molecule has 0 bridgehead atoms. The van der Waals surface area contributed by atoms with Crippen LogP contribution in [0.25, 0.3) is 0 Å². The van der Waals surface area contributed by atoms with Crippen LogP contribution in [0, 0.1) is 0 Å². The summed E-state index contributed by atoms with van der Waals surface area (Å²) in [5, 5.41) is 36.9. The number of nitrogens with zero attached hydrogens (tertiary/aromatic N) is 4. The number of urea groups is 1. The highest BCUT2D eigenvalue weighted by Crippen LogP contribution is 2.42. The van der Waals surface area contributed by atoms with Crippen molar-refractivity contribution in [1.29, 1.82) is 0 Å². The first-order valence-corrected chi connectivity index (χ1v) is 19.2. The maximum atomic E-state index is 13.8. The third-order valence-electron chi connectivity index (χ3n) is 10.4. The fourth-order valence-corrected chi connectivity index (χ4v) is 9.04. The monoisotopic (exact) mass is 798 g/mol. The molecule has 4 heterocycles. The van der Waals surface area contributed by atoms with E-state index >= 15 is 0 Å². The van der Waals surface area contributed by atoms with Gasteiger partial charge in [-0.3, -0.25) is 33.8 Å². The minimum atomic E-state index is -1.35. The number of quaternary nitrogens is 1. The number of carbonyl (C=O) groups excluding carboxylic acids is 6. The Morgan fingerprint density at radius 1 is 1.00 bits per heavy atom. The van der Waals surface area contributed by atoms with Gasteiger partial charge in [0.25, 0.3) is 11.8 Å². The predicted molar refractivity (Wildman–Crippen MR) is 197 cm³/mol. The quantitative estimate of drug-likeness (QED) is 0.0768. The summed E-state index contributed by atoms with van der Waals surface area (Å²) in [6.07, 6.45) is 1.76. The second-order valence-electron chi connectivity index (χ2n) is 13.7. The second-order valence-corrected chi connectivity index (χ2v) is 15.2. The molecule has 0 aromatic heterocycles. The fraction of sp³-hybridized carbons (Fsp3) is 0.417. The molecule has 3 saturated heterocycles. The summed E-state index contributed by atoms with van der Waals surface area (Å²) in [5.41, 5.74) is 0.737. The maximum absolute atomic E-state index is 13.8. The second kappa shape index (κ2) is 16.2. The number of nitrogens with one attached hydrogen (secondary N) is 3. The Morgan fingerprint density at radius 3 is 2.38 bits per heavy atom. The van der Waals surface area contributed by atoms with E-state index in [1.165, 1.54) is 27.6 Å². The molecule has 3 fully saturated rings. The van der Waals surface area contributed by atoms with Crippen molar-refractivity contribution >= 4 is 64.9 Å². The van der Waals surface area contributed by atoms with E-state index in [-0.39, 0.29) is 41.7 Å². The number of phenolic OH excluding ortho intramolecular Hbond substituents is 2. The fourth-order valence-electron chi connectivity index (χ4n) is 7.46. The van der Waals surface area contributed by atoms with Crippen LogP contribution in [-0.2, 0) is 24.0 Å². The van der Waals surface area contributed by atoms with Gasteiger partial charge in [0.15, 0.2) is 11.5 Å². The number of carboxylic acid groups (broad SMARTS) is 1. The number of imide groups is 1. The molecule has 6 rings (SSSR count). The van der Waals surface area contributed by atoms with E-state index < -0.39 is 70.5 Å². The van der Waals surface area contributed by atoms with Crippen LogP contribution in [0.1, 0.15) is 41.7 Å². The normalized spacial score (nSPS) is 21.1. The lowest BCUT2D eigenvalue weighted by Crippen LogP contribution is -2.71. The summed E-state index contributed by atoms with van der Waals surface area (Å²) in [7, 11) is 0. The van der Waals surface area contributed by atoms with Crippen LogP contribution in [-0.4, -0.2) is 146 Å². The molecule has 2 aromatic carbocycles. The molecule has 17 nitrogen and oxygen atoms in total. The van der Waals surface area contributed by atoms with Gasteiger partial charge in [0.1, 0.15) is 29.7 Å². The minimum absolute atomic E-state index is 0.0111. The first-order chi connectivity index (χ1) is 26.3. The van der Waals surface area contributed by atoms with Crippen LogP contribution in [0.2, 0.25) is 5.02 Å². The lowest BCUT2D eigenvalue weighted by Gasteiger charge is -2.50. The van der Waals surface area contributed by atoms with Crippen molar-refractivity contribution < 1.29 is 53.4 Å². The van der Waals surface area contributed by atoms with Gasteiger partial charge in [0.2, 0.25) is 5.91 Å². The van der Waals surface area contributed by atoms with Crippen molar-refractivity contribution in [3.05, 3.63) is 69.9 Å². The number of aromatic hydroxyl groups is 2. The molecule has 0 aliphatic carbocycles. The smallest absolute Gasteiger partial charge is 0.352 e. The SMILES string of the molecule is CCN1CCN(C(=O)N[C@H](C(=O)N[C@@H]2C(=O)N3C(C(=O)O)=C(C[N+]4(CCNC(=O)c5ccc(O)c(O)c5Cl)CCCC4)CS[C@H]23)c2ccccc2)C(=O)C1=O. The highest BCUT2D eigenvalue weighted by Gasteiger charge is 2.55. The van der Waals surface area contributed by atoms with Crippen molar-refractivity contribution in [2.45, 2.75) is 37.2 Å². The van der Waals surface area contributed by atoms with Crippen molar-refractivity contribution in [3.8, 4) is 11.5 Å². The minimum Gasteiger partial charge on any atom is -0.504 e. The van der Waals surface area contributed by atoms with Gasteiger partial charge in [-0.05, 0) is 24.6 Å². The molecule has 292 valence electrons. The number of hydrogen-bond donors (Lipinski definition) is 6. The average molecular weight is 799 g/mol. The van der Waals surface area contributed by atoms with Gasteiger partial charge in [-0.15, -0.1) is 11.8 Å². The van der Waals surface area contributed by atoms with E-state index in [1.54, 1.807) is 37.3 Å². The molecule has 0 unspecified atom stereocenters. The average Bonchev–Trinajstić information content (AvgIpc) is 3.63. The van der Waals surface area contributed by atoms with Gasteiger partial charge in [-0.1, -0.05) is 41.9 Å². The van der Waals surface area contributed by atoms with Crippen molar-refractivity contribution in [1.82, 2.24) is 30.7 Å². The zero-order valence-corrected chi connectivity index (χ0v) is 31.4. The lowest BCUT2D eigenvalue weighted by molar-refractivity contribution is -0.911. The predicted octanol–water partition coefficient (Wildman–Crippen LogP) is 0.972. The zero-order valence-electron chi connectivity index (χ0n) is 29.8. The van der Waals surface area contributed by atoms with E-state index in [2.05, 4.69) is 16.0 Å². The third kappa shape index (κ3) is 7.79. The number of β-lactam (4-membered cyclic amide) rings is 1. The molecule has 4 aliphatic rings. The van der Waals surface area contributed by atoms with Gasteiger partial charge < -0.3 is 40.7 Å². The van der Waals surface area contributed by atoms with E-state index in [0.717, 1.165) is 23.8 Å². The Morgan fingerprint density at radius 2 is 1.71 bits per heavy atom. The largest absolute Gasteiger partial charge is 0.504 e. The number of carboxylic acids is 1. The number of thioether (sulfide) groups is 1. The number of hydrogen-bond acceptors (Lipinski definition) is 10. The highest BCUT2D eigenvalue weighted by atomic mass is 35.5. The van der Waals surface area contributed by atoms with Crippen LogP contribution in [0.3, 0.4) is 0 Å². The van der Waals surface area contributed by atoms with E-state index in [1.807, 2.05) is 0 Å². The van der Waals surface area contributed by atoms with E-state index in [4.69, 9.17) is 11.6 Å². The number of amides is 7. The topological polar surface area (TPSA) is 226 Å². The third-order valence-corrected chi connectivity index (χ3v) is 12.1. The van der Waals surface area contributed by atoms with Crippen LogP contribution < -0.4 is 16.0 Å². The first kappa shape index (κ1) is 39.4. The molecule has 0 radical (unpaired) electrons. The summed E-state index contributed by atoms with van der Waals surface area (Å²) in [6, 6.07) is 7.23. The number of piperazine rings is 1.